The van der Waals surface area contributed by atoms with Crippen molar-refractivity contribution in [2.45, 2.75) is 38.3 Å². The molecular formula is C33H35N3O3. The number of hydrogen-bond donors (Lipinski definition) is 1. The third kappa shape index (κ3) is 5.91. The van der Waals surface area contributed by atoms with Crippen molar-refractivity contribution in [1.82, 2.24) is 9.80 Å². The van der Waals surface area contributed by atoms with E-state index < -0.39 is 6.04 Å². The third-order valence-electron chi connectivity index (χ3n) is 8.07. The fourth-order valence-corrected chi connectivity index (χ4v) is 6.05. The lowest BCUT2D eigenvalue weighted by atomic mass is 9.98. The smallest absolute Gasteiger partial charge is 0.410 e. The van der Waals surface area contributed by atoms with Gasteiger partial charge in [-0.1, -0.05) is 66.7 Å². The van der Waals surface area contributed by atoms with Crippen LogP contribution in [0.2, 0.25) is 0 Å². The second-order valence-electron chi connectivity index (χ2n) is 10.9. The predicted octanol–water partition coefficient (Wildman–Crippen LogP) is 6.44. The summed E-state index contributed by atoms with van der Waals surface area (Å²) in [6.45, 7) is 3.81. The Balaban J connectivity index is 1.02. The topological polar surface area (TPSA) is 61.9 Å². The van der Waals surface area contributed by atoms with E-state index in [4.69, 9.17) is 4.74 Å². The summed E-state index contributed by atoms with van der Waals surface area (Å²) in [5.74, 6) is 0.148. The zero-order valence-corrected chi connectivity index (χ0v) is 22.2. The molecule has 2 amide bonds. The molecule has 0 aliphatic carbocycles. The number of fused-ring (bicyclic) bond motifs is 2. The van der Waals surface area contributed by atoms with Crippen LogP contribution in [0.25, 0.3) is 21.5 Å². The van der Waals surface area contributed by atoms with Crippen LogP contribution in [0.1, 0.15) is 31.2 Å². The average molecular weight is 522 g/mol. The Kier molecular flexibility index (Phi) is 7.46. The fraction of sp³-hybridized carbons (Fsp3) is 0.333. The molecule has 6 nitrogen and oxygen atoms in total. The van der Waals surface area contributed by atoms with Gasteiger partial charge >= 0.3 is 6.09 Å². The Hall–Kier alpha value is -3.90. The van der Waals surface area contributed by atoms with Crippen molar-refractivity contribution in [3.8, 4) is 0 Å². The van der Waals surface area contributed by atoms with Gasteiger partial charge in [0.15, 0.2) is 0 Å². The minimum absolute atomic E-state index is 0.154. The Bertz CT molecular complexity index is 1490. The van der Waals surface area contributed by atoms with Gasteiger partial charge in [0.05, 0.1) is 6.61 Å². The molecule has 2 aliphatic heterocycles. The number of anilines is 1. The highest BCUT2D eigenvalue weighted by atomic mass is 16.6. The van der Waals surface area contributed by atoms with Gasteiger partial charge in [-0.15, -0.1) is 0 Å². The maximum atomic E-state index is 13.1. The molecule has 1 N–H and O–H groups in total. The highest BCUT2D eigenvalue weighted by Gasteiger charge is 2.35. The first-order chi connectivity index (χ1) is 19.1. The minimum Gasteiger partial charge on any atom is -0.449 e. The first-order valence-corrected chi connectivity index (χ1v) is 14.1. The van der Waals surface area contributed by atoms with Gasteiger partial charge in [0, 0.05) is 31.2 Å². The van der Waals surface area contributed by atoms with E-state index in [-0.39, 0.29) is 12.0 Å². The van der Waals surface area contributed by atoms with Crippen LogP contribution in [0.4, 0.5) is 10.5 Å². The summed E-state index contributed by atoms with van der Waals surface area (Å²) in [6, 6.07) is 28.6. The number of benzene rings is 4. The first kappa shape index (κ1) is 25.4. The number of rotatable bonds is 6. The standard InChI is InChI=1S/C33H35N3O3/c37-32(34-30-16-15-27-9-2-4-11-29(27)20-30)31-12-6-18-36(31)33(38)39-23-25-7-5-17-35(22-25)21-24-13-14-26-8-1-3-10-28(26)19-24/h1-4,8-11,13-16,19-20,25,31H,5-7,12,17-18,21-23H2,(H,34,37). The molecule has 39 heavy (non-hydrogen) atoms. The largest absolute Gasteiger partial charge is 0.449 e. The normalized spacial score (nSPS) is 19.8. The number of hydrogen-bond acceptors (Lipinski definition) is 4. The van der Waals surface area contributed by atoms with Crippen molar-refractivity contribution in [1.29, 1.82) is 0 Å². The van der Waals surface area contributed by atoms with Crippen LogP contribution in [0.5, 0.6) is 0 Å². The van der Waals surface area contributed by atoms with Crippen LogP contribution in [0.15, 0.2) is 84.9 Å². The van der Waals surface area contributed by atoms with Gasteiger partial charge in [0.2, 0.25) is 5.91 Å². The highest BCUT2D eigenvalue weighted by Crippen LogP contribution is 2.25. The van der Waals surface area contributed by atoms with Crippen LogP contribution in [-0.2, 0) is 16.1 Å². The lowest BCUT2D eigenvalue weighted by molar-refractivity contribution is -0.120. The van der Waals surface area contributed by atoms with E-state index in [9.17, 15) is 9.59 Å². The number of amides is 2. The van der Waals surface area contributed by atoms with E-state index in [1.54, 1.807) is 4.90 Å². The summed E-state index contributed by atoms with van der Waals surface area (Å²) >= 11 is 0. The molecule has 0 saturated carbocycles. The van der Waals surface area contributed by atoms with E-state index in [0.717, 1.165) is 55.4 Å². The molecule has 6 rings (SSSR count). The number of piperidine rings is 1. The van der Waals surface area contributed by atoms with Gasteiger partial charge in [-0.25, -0.2) is 4.79 Å². The molecule has 2 fully saturated rings. The van der Waals surface area contributed by atoms with Crippen LogP contribution in [0, 0.1) is 5.92 Å². The van der Waals surface area contributed by atoms with Gasteiger partial charge in [-0.2, -0.15) is 0 Å². The van der Waals surface area contributed by atoms with Crippen molar-refractivity contribution < 1.29 is 14.3 Å². The molecule has 4 aromatic rings. The molecule has 2 heterocycles. The predicted molar refractivity (Wildman–Crippen MR) is 156 cm³/mol. The average Bonchev–Trinajstić information content (AvgIpc) is 3.47. The summed E-state index contributed by atoms with van der Waals surface area (Å²) in [6.07, 6.45) is 3.22. The Morgan fingerprint density at radius 2 is 1.49 bits per heavy atom. The van der Waals surface area contributed by atoms with E-state index in [0.29, 0.717) is 25.5 Å². The highest BCUT2D eigenvalue weighted by molar-refractivity contribution is 5.98. The summed E-state index contributed by atoms with van der Waals surface area (Å²) in [4.78, 5) is 30.2. The molecular weight excluding hydrogens is 486 g/mol. The maximum absolute atomic E-state index is 13.1. The summed E-state index contributed by atoms with van der Waals surface area (Å²) < 4.78 is 5.79. The SMILES string of the molecule is O=C(Nc1ccc2ccccc2c1)C1CCCN1C(=O)OCC1CCCN(Cc2ccc3ccccc3c2)C1. The third-order valence-corrected chi connectivity index (χ3v) is 8.07. The summed E-state index contributed by atoms with van der Waals surface area (Å²) in [5.41, 5.74) is 2.05. The van der Waals surface area contributed by atoms with E-state index in [1.807, 2.05) is 42.5 Å². The Morgan fingerprint density at radius 3 is 2.28 bits per heavy atom. The number of carbonyl (C=O) groups excluding carboxylic acids is 2. The molecule has 2 aliphatic rings. The molecule has 0 radical (unpaired) electrons. The molecule has 2 unspecified atom stereocenters. The quantitative estimate of drug-likeness (QED) is 0.317. The molecule has 6 heteroatoms. The van der Waals surface area contributed by atoms with E-state index in [2.05, 4.69) is 52.7 Å². The molecule has 4 aromatic carbocycles. The molecule has 2 saturated heterocycles. The van der Waals surface area contributed by atoms with Crippen molar-refractivity contribution in [3.05, 3.63) is 90.5 Å². The lowest BCUT2D eigenvalue weighted by Gasteiger charge is -2.33. The second kappa shape index (κ2) is 11.5. The zero-order chi connectivity index (χ0) is 26.6. The number of likely N-dealkylation sites (tertiary alicyclic amines) is 2. The van der Waals surface area contributed by atoms with Gasteiger partial charge in [0.25, 0.3) is 0 Å². The molecule has 0 spiro atoms. The van der Waals surface area contributed by atoms with Crippen LogP contribution in [0.3, 0.4) is 0 Å². The van der Waals surface area contributed by atoms with E-state index in [1.165, 1.54) is 16.3 Å². The van der Waals surface area contributed by atoms with Crippen LogP contribution in [-0.4, -0.2) is 54.1 Å². The fourth-order valence-electron chi connectivity index (χ4n) is 6.05. The van der Waals surface area contributed by atoms with Crippen molar-refractivity contribution in [3.63, 3.8) is 0 Å². The van der Waals surface area contributed by atoms with Gasteiger partial charge in [-0.3, -0.25) is 14.6 Å². The van der Waals surface area contributed by atoms with Gasteiger partial charge < -0.3 is 10.1 Å². The zero-order valence-electron chi connectivity index (χ0n) is 22.2. The van der Waals surface area contributed by atoms with Gasteiger partial charge in [0.1, 0.15) is 6.04 Å². The number of ether oxygens (including phenoxy) is 1. The number of carbonyl (C=O) groups is 2. The maximum Gasteiger partial charge on any atom is 0.410 e. The monoisotopic (exact) mass is 521 g/mol. The second-order valence-corrected chi connectivity index (χ2v) is 10.9. The number of nitrogens with one attached hydrogen (secondary N) is 1. The summed E-state index contributed by atoms with van der Waals surface area (Å²) in [5, 5.41) is 7.73. The molecule has 0 aromatic heterocycles. The number of nitrogens with zero attached hydrogens (tertiary/aromatic N) is 2. The summed E-state index contributed by atoms with van der Waals surface area (Å²) in [7, 11) is 0. The Morgan fingerprint density at radius 1 is 0.795 bits per heavy atom. The van der Waals surface area contributed by atoms with Crippen molar-refractivity contribution in [2.24, 2.45) is 5.92 Å². The van der Waals surface area contributed by atoms with E-state index >= 15 is 0 Å². The van der Waals surface area contributed by atoms with Crippen molar-refractivity contribution >= 4 is 39.2 Å². The first-order valence-electron chi connectivity index (χ1n) is 14.1. The van der Waals surface area contributed by atoms with Crippen LogP contribution < -0.4 is 5.32 Å². The van der Waals surface area contributed by atoms with Crippen LogP contribution >= 0.6 is 0 Å². The molecule has 200 valence electrons. The van der Waals surface area contributed by atoms with Gasteiger partial charge in [-0.05, 0) is 77.5 Å². The minimum atomic E-state index is -0.500. The Labute approximate surface area is 229 Å². The molecule has 2 atom stereocenters. The molecule has 0 bridgehead atoms. The lowest BCUT2D eigenvalue weighted by Crippen LogP contribution is -2.44. The van der Waals surface area contributed by atoms with Crippen molar-refractivity contribution in [2.75, 3.05) is 31.6 Å².